The Morgan fingerprint density at radius 1 is 1.47 bits per heavy atom. The van der Waals surface area contributed by atoms with Gasteiger partial charge in [0.25, 0.3) is 0 Å². The molecule has 0 bridgehead atoms. The number of pyridine rings is 2. The van der Waals surface area contributed by atoms with Crippen molar-refractivity contribution < 1.29 is 19.0 Å². The lowest BCUT2D eigenvalue weighted by atomic mass is 10.1. The summed E-state index contributed by atoms with van der Waals surface area (Å²) < 4.78 is 22.4. The lowest BCUT2D eigenvalue weighted by molar-refractivity contribution is 0.0695. The average molecular weight is 412 g/mol. The molecule has 4 N–H and O–H groups in total. The second-order valence-electron chi connectivity index (χ2n) is 7.21. The molecule has 1 fully saturated rings. The molecular weight excluding hydrogens is 391 g/mol. The summed E-state index contributed by atoms with van der Waals surface area (Å²) in [6, 6.07) is 3.74. The smallest absolute Gasteiger partial charge is 0.341 e. The van der Waals surface area contributed by atoms with Crippen molar-refractivity contribution in [1.82, 2.24) is 9.55 Å². The van der Waals surface area contributed by atoms with Gasteiger partial charge in [0, 0.05) is 31.2 Å². The van der Waals surface area contributed by atoms with Crippen LogP contribution in [0.1, 0.15) is 34.8 Å². The van der Waals surface area contributed by atoms with Gasteiger partial charge in [0.15, 0.2) is 11.6 Å². The van der Waals surface area contributed by atoms with E-state index in [1.165, 1.54) is 13.3 Å². The molecular formula is C21H21FN4O4. The third kappa shape index (κ3) is 3.32. The van der Waals surface area contributed by atoms with Gasteiger partial charge in [-0.3, -0.25) is 9.78 Å². The average Bonchev–Trinajstić information content (AvgIpc) is 3.57. The van der Waals surface area contributed by atoms with Crippen LogP contribution in [0.15, 0.2) is 35.5 Å². The molecule has 0 spiro atoms. The Morgan fingerprint density at radius 3 is 2.83 bits per heavy atom. The SMILES string of the molecule is COc1c(NCCc2cccnc2)c(F)c(N)c2c(=O)c(C(=O)O)cn(C3CC3)c12. The van der Waals surface area contributed by atoms with Crippen molar-refractivity contribution in [2.75, 3.05) is 24.7 Å². The van der Waals surface area contributed by atoms with Gasteiger partial charge in [-0.15, -0.1) is 0 Å². The first-order chi connectivity index (χ1) is 14.4. The van der Waals surface area contributed by atoms with Crippen LogP contribution in [0.2, 0.25) is 0 Å². The van der Waals surface area contributed by atoms with Crippen LogP contribution in [0.3, 0.4) is 0 Å². The molecule has 1 aromatic carbocycles. The molecule has 2 heterocycles. The molecule has 1 saturated carbocycles. The van der Waals surface area contributed by atoms with Gasteiger partial charge in [0.2, 0.25) is 5.43 Å². The Hall–Kier alpha value is -3.62. The van der Waals surface area contributed by atoms with E-state index in [0.717, 1.165) is 18.4 Å². The van der Waals surface area contributed by atoms with Crippen molar-refractivity contribution in [1.29, 1.82) is 0 Å². The van der Waals surface area contributed by atoms with E-state index in [-0.39, 0.29) is 22.9 Å². The highest BCUT2D eigenvalue weighted by Crippen LogP contribution is 2.44. The Balaban J connectivity index is 1.86. The van der Waals surface area contributed by atoms with E-state index in [1.807, 2.05) is 12.1 Å². The fraction of sp³-hybridized carbons (Fsp3) is 0.286. The second kappa shape index (κ2) is 7.66. The van der Waals surface area contributed by atoms with Crippen LogP contribution >= 0.6 is 0 Å². The summed E-state index contributed by atoms with van der Waals surface area (Å²) in [5.74, 6) is -2.09. The van der Waals surface area contributed by atoms with E-state index < -0.39 is 28.5 Å². The van der Waals surface area contributed by atoms with Gasteiger partial charge in [-0.1, -0.05) is 6.07 Å². The van der Waals surface area contributed by atoms with Crippen molar-refractivity contribution in [3.63, 3.8) is 0 Å². The zero-order valence-corrected chi connectivity index (χ0v) is 16.3. The third-order valence-electron chi connectivity index (χ3n) is 5.22. The summed E-state index contributed by atoms with van der Waals surface area (Å²) >= 11 is 0. The number of fused-ring (bicyclic) bond motifs is 1. The van der Waals surface area contributed by atoms with Crippen LogP contribution in [0.5, 0.6) is 5.75 Å². The Labute approximate surface area is 171 Å². The molecule has 3 aromatic rings. The maximum atomic E-state index is 15.2. The number of methoxy groups -OCH3 is 1. The number of nitrogens with zero attached hydrogens (tertiary/aromatic N) is 2. The predicted molar refractivity (Wildman–Crippen MR) is 111 cm³/mol. The number of benzene rings is 1. The standard InChI is InChI=1S/C21H21FN4O4/c1-30-20-17(25-8-6-11-3-2-7-24-9-11)15(22)16(23)14-18(20)26(12-4-5-12)10-13(19(14)27)21(28)29/h2-3,7,9-10,12,25H,4-6,8,23H2,1H3,(H,28,29). The molecule has 156 valence electrons. The van der Waals surface area contributed by atoms with E-state index in [4.69, 9.17) is 10.5 Å². The van der Waals surface area contributed by atoms with E-state index in [0.29, 0.717) is 18.5 Å². The molecule has 0 amide bonds. The Bertz CT molecular complexity index is 1190. The molecule has 30 heavy (non-hydrogen) atoms. The summed E-state index contributed by atoms with van der Waals surface area (Å²) in [7, 11) is 1.38. The van der Waals surface area contributed by atoms with Crippen LogP contribution < -0.4 is 21.2 Å². The van der Waals surface area contributed by atoms with Crippen molar-refractivity contribution in [3.8, 4) is 5.75 Å². The number of carbonyl (C=O) groups is 1. The van der Waals surface area contributed by atoms with Gasteiger partial charge in [0.1, 0.15) is 11.3 Å². The molecule has 0 atom stereocenters. The molecule has 0 aliphatic heterocycles. The number of carboxylic acid groups (broad SMARTS) is 1. The normalized spacial score (nSPS) is 13.4. The highest BCUT2D eigenvalue weighted by atomic mass is 19.1. The summed E-state index contributed by atoms with van der Waals surface area (Å²) in [5, 5.41) is 12.3. The van der Waals surface area contributed by atoms with Crippen LogP contribution in [0.4, 0.5) is 15.8 Å². The van der Waals surface area contributed by atoms with Crippen LogP contribution in [-0.2, 0) is 6.42 Å². The van der Waals surface area contributed by atoms with Gasteiger partial charge >= 0.3 is 5.97 Å². The lowest BCUT2D eigenvalue weighted by Gasteiger charge is -2.20. The van der Waals surface area contributed by atoms with Crippen molar-refractivity contribution in [2.45, 2.75) is 25.3 Å². The maximum absolute atomic E-state index is 15.2. The molecule has 0 saturated heterocycles. The number of hydrogen-bond donors (Lipinski definition) is 3. The van der Waals surface area contributed by atoms with Gasteiger partial charge in [0.05, 0.1) is 23.7 Å². The molecule has 0 radical (unpaired) electrons. The molecule has 9 heteroatoms. The minimum absolute atomic E-state index is 0.00760. The number of rotatable bonds is 7. The summed E-state index contributed by atoms with van der Waals surface area (Å²) in [5.41, 5.74) is 5.65. The van der Waals surface area contributed by atoms with E-state index in [9.17, 15) is 14.7 Å². The topological polar surface area (TPSA) is 119 Å². The molecule has 1 aliphatic carbocycles. The van der Waals surface area contributed by atoms with Gasteiger partial charge in [-0.25, -0.2) is 9.18 Å². The molecule has 2 aromatic heterocycles. The third-order valence-corrected chi connectivity index (χ3v) is 5.22. The first-order valence-electron chi connectivity index (χ1n) is 9.53. The van der Waals surface area contributed by atoms with Gasteiger partial charge < -0.3 is 25.5 Å². The van der Waals surface area contributed by atoms with E-state index >= 15 is 4.39 Å². The zero-order chi connectivity index (χ0) is 21.4. The quantitative estimate of drug-likeness (QED) is 0.511. The van der Waals surface area contributed by atoms with Crippen LogP contribution in [0, 0.1) is 5.82 Å². The highest BCUT2D eigenvalue weighted by molar-refractivity contribution is 6.03. The lowest BCUT2D eigenvalue weighted by Crippen LogP contribution is -2.21. The maximum Gasteiger partial charge on any atom is 0.341 e. The number of halogens is 1. The molecule has 1 aliphatic rings. The Morgan fingerprint density at radius 2 is 2.23 bits per heavy atom. The van der Waals surface area contributed by atoms with Gasteiger partial charge in [-0.2, -0.15) is 0 Å². The number of aromatic carboxylic acids is 1. The number of nitrogens with two attached hydrogens (primary N) is 1. The minimum Gasteiger partial charge on any atom is -0.492 e. The van der Waals surface area contributed by atoms with E-state index in [2.05, 4.69) is 10.3 Å². The van der Waals surface area contributed by atoms with Crippen LogP contribution in [-0.4, -0.2) is 34.3 Å². The first-order valence-corrected chi connectivity index (χ1v) is 9.53. The number of anilines is 2. The second-order valence-corrected chi connectivity index (χ2v) is 7.21. The van der Waals surface area contributed by atoms with Gasteiger partial charge in [-0.05, 0) is 30.9 Å². The van der Waals surface area contributed by atoms with Crippen molar-refractivity contribution in [3.05, 3.63) is 57.9 Å². The number of nitrogen functional groups attached to an aromatic ring is 1. The summed E-state index contributed by atoms with van der Waals surface area (Å²) in [4.78, 5) is 28.4. The fourth-order valence-corrected chi connectivity index (χ4v) is 3.60. The molecule has 8 nitrogen and oxygen atoms in total. The zero-order valence-electron chi connectivity index (χ0n) is 16.3. The summed E-state index contributed by atoms with van der Waals surface area (Å²) in [6.07, 6.45) is 6.92. The fourth-order valence-electron chi connectivity index (χ4n) is 3.60. The predicted octanol–water partition coefficient (Wildman–Crippen LogP) is 2.81. The first kappa shape index (κ1) is 19.7. The monoisotopic (exact) mass is 412 g/mol. The number of aromatic nitrogens is 2. The van der Waals surface area contributed by atoms with Crippen LogP contribution in [0.25, 0.3) is 10.9 Å². The summed E-state index contributed by atoms with van der Waals surface area (Å²) in [6.45, 7) is 0.380. The number of carboxylic acids is 1. The number of ether oxygens (including phenoxy) is 1. The Kier molecular flexibility index (Phi) is 5.03. The molecule has 4 rings (SSSR count). The highest BCUT2D eigenvalue weighted by Gasteiger charge is 2.31. The minimum atomic E-state index is -1.38. The van der Waals surface area contributed by atoms with E-state index in [1.54, 1.807) is 17.0 Å². The number of hydrogen-bond acceptors (Lipinski definition) is 6. The van der Waals surface area contributed by atoms with Crippen molar-refractivity contribution in [2.24, 2.45) is 0 Å². The largest absolute Gasteiger partial charge is 0.492 e. The molecule has 0 unspecified atom stereocenters. The number of nitrogens with one attached hydrogen (secondary N) is 1. The van der Waals surface area contributed by atoms with Crippen molar-refractivity contribution >= 4 is 28.2 Å².